The molecule has 1 aliphatic rings. The number of amides is 1. The number of piperidine rings is 1. The van der Waals surface area contributed by atoms with E-state index in [2.05, 4.69) is 32.2 Å². The summed E-state index contributed by atoms with van der Waals surface area (Å²) in [4.78, 5) is 26.2. The van der Waals surface area contributed by atoms with E-state index < -0.39 is 29.9 Å². The number of fused-ring (bicyclic) bond motifs is 1. The van der Waals surface area contributed by atoms with E-state index in [0.29, 0.717) is 29.8 Å². The van der Waals surface area contributed by atoms with Gasteiger partial charge in [0.1, 0.15) is 6.17 Å². The molecule has 0 saturated carbocycles. The standard InChI is InChI=1S/C27H28F4N6O2/c1-16(27(29,30)31)24-19-7-4-8-22(36-23-9-11-37(2)15-21(23)28)20(19)12-17(35-24)6-5-10-32-26(38)25-33-13-18(39-3)14-34-25/h4-8,12-14,21,23,36H,1,9-11,15H2,2-3H3,(H,32,38)/b6-5+/t21-,23+/m0/s1. The minimum Gasteiger partial charge on any atom is -0.494 e. The van der Waals surface area contributed by atoms with Crippen LogP contribution in [0.3, 0.4) is 0 Å². The highest BCUT2D eigenvalue weighted by molar-refractivity contribution is 6.01. The SMILES string of the molecule is C=C(c1nc(/C=C/CNC(=O)c2ncc(OC)cn2)cc2c(N[C@@H]3CCN(C)C[C@@H]3F)cccc12)C(F)(F)F. The number of methoxy groups -OCH3 is 1. The molecule has 39 heavy (non-hydrogen) atoms. The first-order valence-electron chi connectivity index (χ1n) is 12.2. The Morgan fingerprint density at radius 3 is 2.67 bits per heavy atom. The molecule has 206 valence electrons. The van der Waals surface area contributed by atoms with Crippen LogP contribution in [0.25, 0.3) is 22.4 Å². The van der Waals surface area contributed by atoms with Crippen molar-refractivity contribution in [3.05, 3.63) is 66.5 Å². The predicted molar refractivity (Wildman–Crippen MR) is 141 cm³/mol. The number of nitrogens with one attached hydrogen (secondary N) is 2. The van der Waals surface area contributed by atoms with Gasteiger partial charge in [0.15, 0.2) is 5.75 Å². The molecule has 0 bridgehead atoms. The number of halogens is 4. The summed E-state index contributed by atoms with van der Waals surface area (Å²) in [6.45, 7) is 4.25. The van der Waals surface area contributed by atoms with Gasteiger partial charge in [0, 0.05) is 36.1 Å². The van der Waals surface area contributed by atoms with Crippen LogP contribution in [0.5, 0.6) is 5.75 Å². The van der Waals surface area contributed by atoms with Crippen LogP contribution in [0.4, 0.5) is 23.2 Å². The maximum Gasteiger partial charge on any atom is 0.417 e. The Bertz CT molecular complexity index is 1380. The summed E-state index contributed by atoms with van der Waals surface area (Å²) in [5.74, 6) is -0.199. The lowest BCUT2D eigenvalue weighted by molar-refractivity contribution is -0.0688. The highest BCUT2D eigenvalue weighted by atomic mass is 19.4. The van der Waals surface area contributed by atoms with Crippen molar-refractivity contribution < 1.29 is 27.1 Å². The highest BCUT2D eigenvalue weighted by Crippen LogP contribution is 2.37. The predicted octanol–water partition coefficient (Wildman–Crippen LogP) is 4.51. The van der Waals surface area contributed by atoms with E-state index in [1.165, 1.54) is 31.6 Å². The molecule has 3 aromatic rings. The smallest absolute Gasteiger partial charge is 0.417 e. The van der Waals surface area contributed by atoms with E-state index >= 15 is 0 Å². The van der Waals surface area contributed by atoms with Gasteiger partial charge in [-0.2, -0.15) is 13.2 Å². The highest BCUT2D eigenvalue weighted by Gasteiger charge is 2.35. The number of pyridine rings is 1. The summed E-state index contributed by atoms with van der Waals surface area (Å²) in [5.41, 5.74) is -0.693. The maximum atomic E-state index is 14.7. The lowest BCUT2D eigenvalue weighted by atomic mass is 9.99. The number of hydrogen-bond donors (Lipinski definition) is 2. The maximum absolute atomic E-state index is 14.7. The molecule has 4 rings (SSSR count). The van der Waals surface area contributed by atoms with Crippen LogP contribution in [-0.4, -0.2) is 77.9 Å². The van der Waals surface area contributed by atoms with Gasteiger partial charge in [-0.3, -0.25) is 4.79 Å². The Morgan fingerprint density at radius 1 is 1.26 bits per heavy atom. The summed E-state index contributed by atoms with van der Waals surface area (Å²) in [6, 6.07) is 5.98. The molecule has 1 saturated heterocycles. The lowest BCUT2D eigenvalue weighted by Crippen LogP contribution is -2.46. The van der Waals surface area contributed by atoms with Gasteiger partial charge in [0.25, 0.3) is 5.91 Å². The van der Waals surface area contributed by atoms with Crippen molar-refractivity contribution in [2.24, 2.45) is 0 Å². The third-order valence-corrected chi connectivity index (χ3v) is 6.34. The third kappa shape index (κ3) is 6.69. The second-order valence-corrected chi connectivity index (χ2v) is 9.15. The Balaban J connectivity index is 1.60. The van der Waals surface area contributed by atoms with Crippen molar-refractivity contribution >= 4 is 34.0 Å². The van der Waals surface area contributed by atoms with Gasteiger partial charge in [-0.05, 0) is 31.7 Å². The number of carbonyl (C=O) groups is 1. The average Bonchev–Trinajstić information content (AvgIpc) is 2.91. The summed E-state index contributed by atoms with van der Waals surface area (Å²) in [6.07, 6.45) is 0.458. The summed E-state index contributed by atoms with van der Waals surface area (Å²) < 4.78 is 60.7. The van der Waals surface area contributed by atoms with Crippen LogP contribution >= 0.6 is 0 Å². The molecule has 0 unspecified atom stereocenters. The third-order valence-electron chi connectivity index (χ3n) is 6.34. The number of allylic oxidation sites excluding steroid dienone is 1. The Labute approximate surface area is 222 Å². The van der Waals surface area contributed by atoms with Crippen molar-refractivity contribution in [2.45, 2.75) is 24.8 Å². The van der Waals surface area contributed by atoms with Crippen molar-refractivity contribution in [3.8, 4) is 5.75 Å². The molecule has 1 aliphatic heterocycles. The van der Waals surface area contributed by atoms with Crippen molar-refractivity contribution in [3.63, 3.8) is 0 Å². The van der Waals surface area contributed by atoms with Crippen molar-refractivity contribution in [2.75, 3.05) is 39.1 Å². The quantitative estimate of drug-likeness (QED) is 0.404. The average molecular weight is 545 g/mol. The molecule has 1 amide bonds. The van der Waals surface area contributed by atoms with Gasteiger partial charge < -0.3 is 20.3 Å². The number of anilines is 1. The Hall–Kier alpha value is -4.06. The number of ether oxygens (including phenoxy) is 1. The lowest BCUT2D eigenvalue weighted by Gasteiger charge is -2.33. The van der Waals surface area contributed by atoms with Gasteiger partial charge in [0.05, 0.1) is 42.5 Å². The molecule has 2 atom stereocenters. The first-order chi connectivity index (χ1) is 18.6. The number of benzene rings is 1. The largest absolute Gasteiger partial charge is 0.494 e. The fourth-order valence-corrected chi connectivity index (χ4v) is 4.24. The molecule has 1 aromatic carbocycles. The van der Waals surface area contributed by atoms with Crippen molar-refractivity contribution in [1.82, 2.24) is 25.2 Å². The van der Waals surface area contributed by atoms with E-state index in [1.807, 2.05) is 11.9 Å². The van der Waals surface area contributed by atoms with E-state index in [1.54, 1.807) is 24.3 Å². The van der Waals surface area contributed by atoms with Gasteiger partial charge in [0.2, 0.25) is 5.82 Å². The normalized spacial score (nSPS) is 18.3. The Morgan fingerprint density at radius 2 is 2.00 bits per heavy atom. The molecule has 2 aromatic heterocycles. The molecule has 8 nitrogen and oxygen atoms in total. The fraction of sp³-hybridized carbons (Fsp3) is 0.333. The van der Waals surface area contributed by atoms with Gasteiger partial charge >= 0.3 is 6.18 Å². The van der Waals surface area contributed by atoms with E-state index in [4.69, 9.17) is 4.74 Å². The zero-order valence-electron chi connectivity index (χ0n) is 21.4. The number of alkyl halides is 4. The van der Waals surface area contributed by atoms with Crippen LogP contribution in [0.2, 0.25) is 0 Å². The zero-order valence-corrected chi connectivity index (χ0v) is 21.4. The second kappa shape index (κ2) is 11.8. The minimum absolute atomic E-state index is 0.0442. The number of nitrogens with zero attached hydrogens (tertiary/aromatic N) is 4. The zero-order chi connectivity index (χ0) is 28.2. The molecule has 0 spiro atoms. The molecule has 12 heteroatoms. The van der Waals surface area contributed by atoms with Gasteiger partial charge in [-0.25, -0.2) is 19.3 Å². The number of aromatic nitrogens is 3. The first-order valence-corrected chi connectivity index (χ1v) is 12.2. The summed E-state index contributed by atoms with van der Waals surface area (Å²) >= 11 is 0. The molecule has 0 radical (unpaired) electrons. The number of carbonyl (C=O) groups excluding carboxylic acids is 1. The summed E-state index contributed by atoms with van der Waals surface area (Å²) in [5, 5.41) is 6.49. The topological polar surface area (TPSA) is 92.3 Å². The van der Waals surface area contributed by atoms with E-state index in [-0.39, 0.29) is 35.7 Å². The molecule has 1 fully saturated rings. The van der Waals surface area contributed by atoms with E-state index in [0.717, 1.165) is 0 Å². The van der Waals surface area contributed by atoms with Crippen LogP contribution < -0.4 is 15.4 Å². The van der Waals surface area contributed by atoms with Crippen molar-refractivity contribution in [1.29, 1.82) is 0 Å². The monoisotopic (exact) mass is 544 g/mol. The minimum atomic E-state index is -4.70. The molecule has 2 N–H and O–H groups in total. The number of likely N-dealkylation sites (tertiary alicyclic amines) is 1. The molecule has 0 aliphatic carbocycles. The van der Waals surface area contributed by atoms with Crippen LogP contribution in [0, 0.1) is 0 Å². The number of rotatable bonds is 8. The van der Waals surface area contributed by atoms with Crippen LogP contribution in [0.15, 0.2) is 49.3 Å². The molecular formula is C27H28F4N6O2. The Kier molecular flexibility index (Phi) is 8.44. The first kappa shape index (κ1) is 28.0. The molecule has 3 heterocycles. The number of hydrogen-bond acceptors (Lipinski definition) is 7. The molecular weight excluding hydrogens is 516 g/mol. The van der Waals surface area contributed by atoms with Crippen LogP contribution in [0.1, 0.15) is 28.4 Å². The fourth-order valence-electron chi connectivity index (χ4n) is 4.24. The second-order valence-electron chi connectivity index (χ2n) is 9.15. The van der Waals surface area contributed by atoms with Gasteiger partial charge in [-0.15, -0.1) is 0 Å². The van der Waals surface area contributed by atoms with Crippen LogP contribution in [-0.2, 0) is 0 Å². The summed E-state index contributed by atoms with van der Waals surface area (Å²) in [7, 11) is 3.29. The van der Waals surface area contributed by atoms with Gasteiger partial charge in [-0.1, -0.05) is 24.8 Å². The van der Waals surface area contributed by atoms with E-state index in [9.17, 15) is 22.4 Å².